The van der Waals surface area contributed by atoms with Crippen LogP contribution in [-0.4, -0.2) is 17.0 Å². The Balaban J connectivity index is 2.26. The monoisotopic (exact) mass is 230 g/mol. The molecule has 1 unspecified atom stereocenters. The summed E-state index contributed by atoms with van der Waals surface area (Å²) in [5.74, 6) is -7.64. The van der Waals surface area contributed by atoms with Crippen LogP contribution in [0.5, 0.6) is 0 Å². The van der Waals surface area contributed by atoms with Gasteiger partial charge in [0.2, 0.25) is 0 Å². The summed E-state index contributed by atoms with van der Waals surface area (Å²) < 4.78 is 39.3. The van der Waals surface area contributed by atoms with Gasteiger partial charge in [-0.2, -0.15) is 8.78 Å². The number of aliphatic carboxylic acids is 1. The van der Waals surface area contributed by atoms with Crippen LogP contribution in [0.15, 0.2) is 18.2 Å². The van der Waals surface area contributed by atoms with Crippen LogP contribution in [0.2, 0.25) is 0 Å². The first kappa shape index (κ1) is 11.0. The molecule has 2 rings (SSSR count). The van der Waals surface area contributed by atoms with Crippen LogP contribution in [0.25, 0.3) is 0 Å². The molecule has 0 saturated carbocycles. The Bertz CT molecular complexity index is 443. The summed E-state index contributed by atoms with van der Waals surface area (Å²) in [6, 6.07) is 3.82. The number of halogens is 3. The highest BCUT2D eigenvalue weighted by molar-refractivity contribution is 5.76. The summed E-state index contributed by atoms with van der Waals surface area (Å²) >= 11 is 0. The van der Waals surface area contributed by atoms with Gasteiger partial charge in [0.1, 0.15) is 5.82 Å². The van der Waals surface area contributed by atoms with Gasteiger partial charge in [-0.25, -0.2) is 9.18 Å². The van der Waals surface area contributed by atoms with E-state index >= 15 is 0 Å². The minimum Gasteiger partial charge on any atom is -0.477 e. The summed E-state index contributed by atoms with van der Waals surface area (Å²) in [7, 11) is 0. The van der Waals surface area contributed by atoms with Gasteiger partial charge in [-0.1, -0.05) is 6.07 Å². The predicted molar refractivity (Wildman–Crippen MR) is 49.9 cm³/mol. The molecule has 0 fully saturated rings. The smallest absolute Gasteiger partial charge is 0.374 e. The Kier molecular flexibility index (Phi) is 2.40. The maximum absolute atomic E-state index is 13.2. The van der Waals surface area contributed by atoms with Crippen LogP contribution < -0.4 is 0 Å². The fourth-order valence-electron chi connectivity index (χ4n) is 2.02. The molecule has 16 heavy (non-hydrogen) atoms. The molecule has 0 aromatic heterocycles. The average molecular weight is 230 g/mol. The number of hydrogen-bond acceptors (Lipinski definition) is 1. The molecule has 1 atom stereocenters. The lowest BCUT2D eigenvalue weighted by molar-refractivity contribution is -0.172. The summed E-state index contributed by atoms with van der Waals surface area (Å²) in [5, 5.41) is 8.41. The highest BCUT2D eigenvalue weighted by Crippen LogP contribution is 2.37. The molecule has 1 aromatic carbocycles. The van der Waals surface area contributed by atoms with Crippen molar-refractivity contribution in [3.8, 4) is 0 Å². The SMILES string of the molecule is O=C(O)C(F)(F)C1Cc2ccc(F)cc2C1. The van der Waals surface area contributed by atoms with Gasteiger partial charge < -0.3 is 5.11 Å². The van der Waals surface area contributed by atoms with Crippen LogP contribution in [0.3, 0.4) is 0 Å². The largest absolute Gasteiger partial charge is 0.477 e. The predicted octanol–water partition coefficient (Wildman–Crippen LogP) is 2.26. The molecular formula is C11H9F3O2. The quantitative estimate of drug-likeness (QED) is 0.846. The Morgan fingerprint density at radius 1 is 1.31 bits per heavy atom. The van der Waals surface area contributed by atoms with Crippen molar-refractivity contribution < 1.29 is 23.1 Å². The summed E-state index contributed by atoms with van der Waals surface area (Å²) in [6.45, 7) is 0. The summed E-state index contributed by atoms with van der Waals surface area (Å²) in [4.78, 5) is 10.4. The lowest BCUT2D eigenvalue weighted by Crippen LogP contribution is -2.37. The molecule has 0 aliphatic heterocycles. The molecule has 0 spiro atoms. The number of carboxylic acids is 1. The number of fused-ring (bicyclic) bond motifs is 1. The zero-order valence-electron chi connectivity index (χ0n) is 8.21. The van der Waals surface area contributed by atoms with E-state index in [0.29, 0.717) is 11.1 Å². The van der Waals surface area contributed by atoms with Gasteiger partial charge in [0.15, 0.2) is 0 Å². The van der Waals surface area contributed by atoms with Gasteiger partial charge in [0.25, 0.3) is 0 Å². The third-order valence-electron chi connectivity index (χ3n) is 2.90. The Morgan fingerprint density at radius 3 is 2.56 bits per heavy atom. The van der Waals surface area contributed by atoms with Crippen molar-refractivity contribution >= 4 is 5.97 Å². The minimum absolute atomic E-state index is 0.0189. The van der Waals surface area contributed by atoms with Crippen LogP contribution in [0, 0.1) is 11.7 Å². The number of rotatable bonds is 2. The molecule has 0 amide bonds. The van der Waals surface area contributed by atoms with E-state index in [2.05, 4.69) is 0 Å². The number of carboxylic acid groups (broad SMARTS) is 1. The standard InChI is InChI=1S/C11H9F3O2/c12-9-2-1-6-3-8(4-7(6)5-9)11(13,14)10(15)16/h1-2,5,8H,3-4H2,(H,15,16). The lowest BCUT2D eigenvalue weighted by Gasteiger charge is -2.17. The van der Waals surface area contributed by atoms with Gasteiger partial charge in [0.05, 0.1) is 0 Å². The Hall–Kier alpha value is -1.52. The molecule has 1 N–H and O–H groups in total. The fourth-order valence-corrected chi connectivity index (χ4v) is 2.02. The van der Waals surface area contributed by atoms with E-state index in [9.17, 15) is 18.0 Å². The number of benzene rings is 1. The topological polar surface area (TPSA) is 37.3 Å². The van der Waals surface area contributed by atoms with E-state index in [1.165, 1.54) is 18.2 Å². The average Bonchev–Trinajstić information content (AvgIpc) is 2.60. The minimum atomic E-state index is -3.75. The molecule has 0 radical (unpaired) electrons. The highest BCUT2D eigenvalue weighted by atomic mass is 19.3. The second kappa shape index (κ2) is 3.50. The first-order chi connectivity index (χ1) is 7.41. The van der Waals surface area contributed by atoms with E-state index in [1.807, 2.05) is 0 Å². The first-order valence-electron chi connectivity index (χ1n) is 4.79. The zero-order valence-corrected chi connectivity index (χ0v) is 8.21. The van der Waals surface area contributed by atoms with Crippen LogP contribution in [0.4, 0.5) is 13.2 Å². The van der Waals surface area contributed by atoms with E-state index in [0.717, 1.165) is 0 Å². The second-order valence-corrected chi connectivity index (χ2v) is 3.95. The van der Waals surface area contributed by atoms with Gasteiger partial charge in [-0.15, -0.1) is 0 Å². The van der Waals surface area contributed by atoms with Crippen molar-refractivity contribution in [1.82, 2.24) is 0 Å². The zero-order chi connectivity index (χ0) is 11.9. The van der Waals surface area contributed by atoms with Crippen molar-refractivity contribution in [2.45, 2.75) is 18.8 Å². The van der Waals surface area contributed by atoms with Crippen molar-refractivity contribution in [1.29, 1.82) is 0 Å². The lowest BCUT2D eigenvalue weighted by atomic mass is 9.98. The van der Waals surface area contributed by atoms with Crippen molar-refractivity contribution in [3.63, 3.8) is 0 Å². The van der Waals surface area contributed by atoms with E-state index in [1.54, 1.807) is 0 Å². The van der Waals surface area contributed by atoms with E-state index in [4.69, 9.17) is 5.11 Å². The Morgan fingerprint density at radius 2 is 1.94 bits per heavy atom. The number of hydrogen-bond donors (Lipinski definition) is 1. The summed E-state index contributed by atoms with van der Waals surface area (Å²) in [6.07, 6.45) is -0.110. The van der Waals surface area contributed by atoms with E-state index in [-0.39, 0.29) is 12.8 Å². The normalized spacial score (nSPS) is 19.6. The van der Waals surface area contributed by atoms with Crippen LogP contribution in [-0.2, 0) is 17.6 Å². The number of alkyl halides is 2. The molecule has 2 nitrogen and oxygen atoms in total. The van der Waals surface area contributed by atoms with Crippen LogP contribution in [0.1, 0.15) is 11.1 Å². The number of carbonyl (C=O) groups is 1. The molecule has 0 bridgehead atoms. The molecule has 5 heteroatoms. The third-order valence-corrected chi connectivity index (χ3v) is 2.90. The second-order valence-electron chi connectivity index (χ2n) is 3.95. The van der Waals surface area contributed by atoms with Gasteiger partial charge in [0, 0.05) is 5.92 Å². The van der Waals surface area contributed by atoms with Crippen molar-refractivity contribution in [2.75, 3.05) is 0 Å². The highest BCUT2D eigenvalue weighted by Gasteiger charge is 2.49. The molecule has 1 aliphatic rings. The van der Waals surface area contributed by atoms with Gasteiger partial charge in [-0.05, 0) is 36.1 Å². The maximum Gasteiger partial charge on any atom is 0.374 e. The Labute approximate surface area is 89.7 Å². The molecular weight excluding hydrogens is 221 g/mol. The fraction of sp³-hybridized carbons (Fsp3) is 0.364. The van der Waals surface area contributed by atoms with Crippen molar-refractivity contribution in [2.24, 2.45) is 5.92 Å². The first-order valence-corrected chi connectivity index (χ1v) is 4.79. The maximum atomic E-state index is 13.2. The summed E-state index contributed by atoms with van der Waals surface area (Å²) in [5.41, 5.74) is 1.08. The molecule has 1 aliphatic carbocycles. The van der Waals surface area contributed by atoms with E-state index < -0.39 is 23.6 Å². The molecule has 1 aromatic rings. The van der Waals surface area contributed by atoms with Gasteiger partial charge in [-0.3, -0.25) is 0 Å². The molecule has 0 saturated heterocycles. The van der Waals surface area contributed by atoms with Gasteiger partial charge >= 0.3 is 11.9 Å². The molecule has 0 heterocycles. The molecule has 86 valence electrons. The van der Waals surface area contributed by atoms with Crippen LogP contribution >= 0.6 is 0 Å². The van der Waals surface area contributed by atoms with Crippen molar-refractivity contribution in [3.05, 3.63) is 35.1 Å². The third kappa shape index (κ3) is 1.66.